The molecule has 164 valence electrons. The molecule has 1 N–H and O–H groups in total. The van der Waals surface area contributed by atoms with Crippen molar-refractivity contribution in [2.45, 2.75) is 6.42 Å². The fraction of sp³-hybridized carbons (Fsp3) is 0.0870. The molecule has 0 radical (unpaired) electrons. The van der Waals surface area contributed by atoms with Crippen molar-refractivity contribution in [1.29, 1.82) is 5.41 Å². The standard InChI is InChI=1S/C23H15ClN4O4S/c1-31-17-4-2-3-15-19(29)13(11-32-20(15)17)10-16-21(25)28-23(26-22(16)30)33-18(27-28)9-12-5-7-14(24)8-6-12/h2-8,10-11,25H,9H2,1H3. The van der Waals surface area contributed by atoms with E-state index in [0.717, 1.165) is 5.56 Å². The number of hydrazone groups is 1. The Morgan fingerprint density at radius 2 is 2.00 bits per heavy atom. The number of para-hydroxylation sites is 1. The molecular weight excluding hydrogens is 464 g/mol. The fourth-order valence-corrected chi connectivity index (χ4v) is 4.49. The first kappa shape index (κ1) is 21.2. The van der Waals surface area contributed by atoms with Crippen LogP contribution in [0.4, 0.5) is 0 Å². The number of amidine groups is 2. The van der Waals surface area contributed by atoms with Crippen LogP contribution in [0.5, 0.6) is 5.75 Å². The second-order valence-corrected chi connectivity index (χ2v) is 8.65. The Labute approximate surface area is 196 Å². The smallest absolute Gasteiger partial charge is 0.283 e. The number of carbonyl (C=O) groups is 1. The van der Waals surface area contributed by atoms with E-state index in [4.69, 9.17) is 26.2 Å². The second kappa shape index (κ2) is 8.34. The molecule has 8 nitrogen and oxygen atoms in total. The van der Waals surface area contributed by atoms with E-state index < -0.39 is 5.91 Å². The molecule has 1 amide bonds. The summed E-state index contributed by atoms with van der Waals surface area (Å²) in [5, 5.41) is 16.2. The summed E-state index contributed by atoms with van der Waals surface area (Å²) in [6, 6.07) is 12.3. The lowest BCUT2D eigenvalue weighted by Gasteiger charge is -2.20. The highest BCUT2D eigenvalue weighted by atomic mass is 35.5. The number of nitrogens with zero attached hydrogens (tertiary/aromatic N) is 3. The average Bonchev–Trinajstić information content (AvgIpc) is 3.21. The van der Waals surface area contributed by atoms with Gasteiger partial charge in [0.1, 0.15) is 11.3 Å². The molecule has 33 heavy (non-hydrogen) atoms. The molecule has 10 heteroatoms. The lowest BCUT2D eigenvalue weighted by Crippen LogP contribution is -2.35. The van der Waals surface area contributed by atoms with Crippen molar-refractivity contribution in [2.75, 3.05) is 7.11 Å². The number of hydrogen-bond acceptors (Lipinski definition) is 7. The van der Waals surface area contributed by atoms with Crippen molar-refractivity contribution in [1.82, 2.24) is 5.01 Å². The lowest BCUT2D eigenvalue weighted by molar-refractivity contribution is -0.114. The van der Waals surface area contributed by atoms with Gasteiger partial charge in [0.15, 0.2) is 22.6 Å². The highest BCUT2D eigenvalue weighted by molar-refractivity contribution is 8.26. The minimum Gasteiger partial charge on any atom is -0.493 e. The maximum atomic E-state index is 13.0. The predicted octanol–water partition coefficient (Wildman–Crippen LogP) is 4.32. The number of amides is 1. The van der Waals surface area contributed by atoms with E-state index in [1.165, 1.54) is 36.2 Å². The molecule has 2 aromatic carbocycles. The summed E-state index contributed by atoms with van der Waals surface area (Å²) < 4.78 is 10.8. The largest absolute Gasteiger partial charge is 0.493 e. The number of halogens is 1. The topological polar surface area (TPSA) is 108 Å². The van der Waals surface area contributed by atoms with Gasteiger partial charge < -0.3 is 9.15 Å². The number of ether oxygens (including phenoxy) is 1. The number of hydrogen-bond donors (Lipinski definition) is 1. The van der Waals surface area contributed by atoms with Crippen molar-refractivity contribution in [3.63, 3.8) is 0 Å². The van der Waals surface area contributed by atoms with Gasteiger partial charge in [-0.2, -0.15) is 15.1 Å². The molecule has 0 unspecified atom stereocenters. The first-order valence-electron chi connectivity index (χ1n) is 9.76. The lowest BCUT2D eigenvalue weighted by atomic mass is 10.1. The van der Waals surface area contributed by atoms with Crippen LogP contribution in [0.3, 0.4) is 0 Å². The molecule has 0 saturated heterocycles. The molecule has 5 rings (SSSR count). The van der Waals surface area contributed by atoms with Gasteiger partial charge in [0.05, 0.1) is 23.6 Å². The van der Waals surface area contributed by atoms with Gasteiger partial charge in [-0.05, 0) is 47.7 Å². The zero-order chi connectivity index (χ0) is 23.1. The van der Waals surface area contributed by atoms with Crippen molar-refractivity contribution in [3.05, 3.63) is 80.7 Å². The van der Waals surface area contributed by atoms with Gasteiger partial charge in [-0.25, -0.2) is 0 Å². The highest BCUT2D eigenvalue weighted by Gasteiger charge is 2.35. The zero-order valence-corrected chi connectivity index (χ0v) is 18.7. The molecular formula is C23H15ClN4O4S. The molecule has 3 aromatic rings. The van der Waals surface area contributed by atoms with Crippen LogP contribution in [0.2, 0.25) is 5.02 Å². The van der Waals surface area contributed by atoms with Gasteiger partial charge in [0, 0.05) is 11.4 Å². The molecule has 3 heterocycles. The van der Waals surface area contributed by atoms with E-state index in [-0.39, 0.29) is 22.4 Å². The monoisotopic (exact) mass is 478 g/mol. The van der Waals surface area contributed by atoms with Crippen molar-refractivity contribution < 1.29 is 13.9 Å². The maximum absolute atomic E-state index is 13.0. The van der Waals surface area contributed by atoms with Crippen LogP contribution in [0.25, 0.3) is 17.0 Å². The van der Waals surface area contributed by atoms with E-state index >= 15 is 0 Å². The van der Waals surface area contributed by atoms with Crippen LogP contribution in [-0.4, -0.2) is 34.1 Å². The van der Waals surface area contributed by atoms with Gasteiger partial charge in [-0.15, -0.1) is 0 Å². The number of rotatable bonds is 4. The Hall–Kier alpha value is -3.69. The van der Waals surface area contributed by atoms with Crippen molar-refractivity contribution in [3.8, 4) is 5.75 Å². The van der Waals surface area contributed by atoms with E-state index in [1.807, 2.05) is 12.1 Å². The first-order chi connectivity index (χ1) is 15.9. The van der Waals surface area contributed by atoms with Gasteiger partial charge in [0.2, 0.25) is 5.17 Å². The van der Waals surface area contributed by atoms with Gasteiger partial charge in [0.25, 0.3) is 5.91 Å². The molecule has 0 saturated carbocycles. The molecule has 1 aromatic heterocycles. The molecule has 2 aliphatic rings. The molecule has 0 atom stereocenters. The van der Waals surface area contributed by atoms with Crippen LogP contribution in [0, 0.1) is 5.41 Å². The Kier molecular flexibility index (Phi) is 5.35. The predicted molar refractivity (Wildman–Crippen MR) is 129 cm³/mol. The third-order valence-corrected chi connectivity index (χ3v) is 6.23. The molecule has 0 aliphatic carbocycles. The summed E-state index contributed by atoms with van der Waals surface area (Å²) in [6.07, 6.45) is 3.06. The molecule has 2 aliphatic heterocycles. The van der Waals surface area contributed by atoms with E-state index in [1.54, 1.807) is 30.3 Å². The maximum Gasteiger partial charge on any atom is 0.283 e. The second-order valence-electron chi connectivity index (χ2n) is 7.17. The van der Waals surface area contributed by atoms with E-state index in [9.17, 15) is 9.59 Å². The number of methoxy groups -OCH3 is 1. The van der Waals surface area contributed by atoms with Crippen LogP contribution in [0.1, 0.15) is 11.1 Å². The molecule has 0 spiro atoms. The van der Waals surface area contributed by atoms with Gasteiger partial charge in [-0.1, -0.05) is 29.8 Å². The Morgan fingerprint density at radius 1 is 1.21 bits per heavy atom. The molecule has 0 bridgehead atoms. The highest BCUT2D eigenvalue weighted by Crippen LogP contribution is 2.30. The molecule has 0 fully saturated rings. The minimum absolute atomic E-state index is 0.0506. The zero-order valence-electron chi connectivity index (χ0n) is 17.2. The van der Waals surface area contributed by atoms with Crippen LogP contribution in [-0.2, 0) is 11.2 Å². The third kappa shape index (κ3) is 3.85. The van der Waals surface area contributed by atoms with Crippen LogP contribution < -0.4 is 10.2 Å². The summed E-state index contributed by atoms with van der Waals surface area (Å²) in [5.41, 5.74) is 1.03. The first-order valence-corrected chi connectivity index (χ1v) is 11.0. The van der Waals surface area contributed by atoms with Gasteiger partial charge in [-0.3, -0.25) is 15.0 Å². The normalized spacial score (nSPS) is 16.8. The van der Waals surface area contributed by atoms with Crippen LogP contribution in [0.15, 0.2) is 73.6 Å². The van der Waals surface area contributed by atoms with Gasteiger partial charge >= 0.3 is 0 Å². The summed E-state index contributed by atoms with van der Waals surface area (Å²) in [4.78, 5) is 29.7. The summed E-state index contributed by atoms with van der Waals surface area (Å²) >= 11 is 7.16. The average molecular weight is 479 g/mol. The summed E-state index contributed by atoms with van der Waals surface area (Å²) in [7, 11) is 1.48. The van der Waals surface area contributed by atoms with Crippen molar-refractivity contribution >= 4 is 62.4 Å². The number of thioether (sulfide) groups is 1. The SMILES string of the molecule is COc1cccc2c(=O)c(C=C3C(=N)N4N=C(Cc5ccc(Cl)cc5)SC4=NC3=O)coc12. The Bertz CT molecular complexity index is 1470. The minimum atomic E-state index is -0.619. The third-order valence-electron chi connectivity index (χ3n) is 5.07. The number of fused-ring (bicyclic) bond motifs is 2. The summed E-state index contributed by atoms with van der Waals surface area (Å²) in [5.74, 6) is -0.350. The number of benzene rings is 2. The quantitative estimate of drug-likeness (QED) is 0.559. The number of carbonyl (C=O) groups excluding carboxylic acids is 1. The fourth-order valence-electron chi connectivity index (χ4n) is 3.44. The summed E-state index contributed by atoms with van der Waals surface area (Å²) in [6.45, 7) is 0. The van der Waals surface area contributed by atoms with E-state index in [0.29, 0.717) is 38.4 Å². The number of aliphatic imine (C=N–C) groups is 1. The number of nitrogens with one attached hydrogen (secondary N) is 1. The van der Waals surface area contributed by atoms with Crippen molar-refractivity contribution in [2.24, 2.45) is 10.1 Å². The Morgan fingerprint density at radius 3 is 2.76 bits per heavy atom. The van der Waals surface area contributed by atoms with Crippen LogP contribution >= 0.6 is 23.4 Å². The van der Waals surface area contributed by atoms with E-state index in [2.05, 4.69) is 10.1 Å². The Balaban J connectivity index is 1.47.